The molecular formula is C15H19ClF4N2O. The molecule has 0 spiro atoms. The van der Waals surface area contributed by atoms with Crippen molar-refractivity contribution in [1.82, 2.24) is 10.6 Å². The Hall–Kier alpha value is -1.34. The summed E-state index contributed by atoms with van der Waals surface area (Å²) in [6, 6.07) is 1.84. The number of carbonyl (C=O) groups excluding carboxylic acids is 1. The molecule has 1 aromatic carbocycles. The molecular weight excluding hydrogens is 336 g/mol. The number of nitrogens with one attached hydrogen (secondary N) is 2. The van der Waals surface area contributed by atoms with Gasteiger partial charge < -0.3 is 10.6 Å². The van der Waals surface area contributed by atoms with E-state index in [1.165, 1.54) is 0 Å². The van der Waals surface area contributed by atoms with Gasteiger partial charge in [0.1, 0.15) is 5.82 Å². The number of hydrogen-bond donors (Lipinski definition) is 2. The van der Waals surface area contributed by atoms with Crippen molar-refractivity contribution in [1.29, 1.82) is 0 Å². The number of piperidine rings is 1. The number of benzene rings is 1. The van der Waals surface area contributed by atoms with Gasteiger partial charge in [-0.3, -0.25) is 4.79 Å². The van der Waals surface area contributed by atoms with Gasteiger partial charge in [-0.2, -0.15) is 13.2 Å². The summed E-state index contributed by atoms with van der Waals surface area (Å²) in [5.74, 6) is -1.34. The second kappa shape index (κ2) is 8.49. The fraction of sp³-hybridized carbons (Fsp3) is 0.533. The van der Waals surface area contributed by atoms with Crippen LogP contribution in [0, 0.1) is 11.7 Å². The predicted molar refractivity (Wildman–Crippen MR) is 81.2 cm³/mol. The maximum Gasteiger partial charge on any atom is 0.416 e. The Labute approximate surface area is 138 Å². The third-order valence-corrected chi connectivity index (χ3v) is 3.78. The molecule has 130 valence electrons. The zero-order valence-electron chi connectivity index (χ0n) is 12.4. The molecule has 1 unspecified atom stereocenters. The van der Waals surface area contributed by atoms with E-state index in [-0.39, 0.29) is 12.4 Å². The van der Waals surface area contributed by atoms with Crippen LogP contribution in [0.3, 0.4) is 0 Å². The minimum absolute atomic E-state index is 0. The van der Waals surface area contributed by atoms with E-state index in [1.807, 2.05) is 0 Å². The summed E-state index contributed by atoms with van der Waals surface area (Å²) in [6.45, 7) is 2.17. The van der Waals surface area contributed by atoms with Gasteiger partial charge in [0.2, 0.25) is 0 Å². The number of carbonyl (C=O) groups is 1. The second-order valence-corrected chi connectivity index (χ2v) is 5.45. The van der Waals surface area contributed by atoms with Gasteiger partial charge >= 0.3 is 6.18 Å². The van der Waals surface area contributed by atoms with Crippen molar-refractivity contribution < 1.29 is 22.4 Å². The van der Waals surface area contributed by atoms with Crippen molar-refractivity contribution in [2.75, 3.05) is 19.6 Å². The molecule has 1 amide bonds. The van der Waals surface area contributed by atoms with Crippen LogP contribution in [-0.4, -0.2) is 25.5 Å². The van der Waals surface area contributed by atoms with Crippen LogP contribution in [0.25, 0.3) is 0 Å². The predicted octanol–water partition coefficient (Wildman–Crippen LogP) is 3.39. The third kappa shape index (κ3) is 5.66. The first-order chi connectivity index (χ1) is 10.4. The Bertz CT molecular complexity index is 531. The molecule has 0 aliphatic carbocycles. The largest absolute Gasteiger partial charge is 0.416 e. The molecule has 1 atom stereocenters. The molecule has 1 fully saturated rings. The van der Waals surface area contributed by atoms with E-state index in [2.05, 4.69) is 10.6 Å². The zero-order valence-corrected chi connectivity index (χ0v) is 13.2. The molecule has 0 saturated carbocycles. The van der Waals surface area contributed by atoms with Gasteiger partial charge in [0.25, 0.3) is 5.91 Å². The van der Waals surface area contributed by atoms with Gasteiger partial charge in [-0.1, -0.05) is 0 Å². The molecule has 8 heteroatoms. The molecule has 2 N–H and O–H groups in total. The first-order valence-electron chi connectivity index (χ1n) is 7.23. The lowest BCUT2D eigenvalue weighted by Gasteiger charge is -2.22. The van der Waals surface area contributed by atoms with E-state index in [9.17, 15) is 22.4 Å². The molecule has 2 rings (SSSR count). The van der Waals surface area contributed by atoms with Crippen LogP contribution in [0.1, 0.15) is 35.2 Å². The van der Waals surface area contributed by atoms with Crippen molar-refractivity contribution in [3.63, 3.8) is 0 Å². The van der Waals surface area contributed by atoms with E-state index in [1.54, 1.807) is 0 Å². The van der Waals surface area contributed by atoms with Gasteiger partial charge in [-0.05, 0) is 56.5 Å². The normalized spacial score (nSPS) is 18.2. The third-order valence-electron chi connectivity index (χ3n) is 3.78. The van der Waals surface area contributed by atoms with Crippen molar-refractivity contribution in [2.24, 2.45) is 5.92 Å². The summed E-state index contributed by atoms with van der Waals surface area (Å²) >= 11 is 0. The fourth-order valence-electron chi connectivity index (χ4n) is 2.53. The van der Waals surface area contributed by atoms with Gasteiger partial charge in [0.15, 0.2) is 0 Å². The quantitative estimate of drug-likeness (QED) is 0.814. The number of halogens is 5. The molecule has 0 aromatic heterocycles. The van der Waals surface area contributed by atoms with Gasteiger partial charge in [0, 0.05) is 6.54 Å². The van der Waals surface area contributed by atoms with E-state index in [4.69, 9.17) is 0 Å². The Morgan fingerprint density at radius 3 is 2.70 bits per heavy atom. The maximum absolute atomic E-state index is 13.6. The highest BCUT2D eigenvalue weighted by Gasteiger charge is 2.31. The maximum atomic E-state index is 13.6. The first kappa shape index (κ1) is 19.7. The number of hydrogen-bond acceptors (Lipinski definition) is 2. The van der Waals surface area contributed by atoms with Gasteiger partial charge in [0.05, 0.1) is 11.1 Å². The van der Waals surface area contributed by atoms with Gasteiger partial charge in [-0.15, -0.1) is 12.4 Å². The lowest BCUT2D eigenvalue weighted by Crippen LogP contribution is -2.33. The van der Waals surface area contributed by atoms with Crippen LogP contribution in [0.4, 0.5) is 17.6 Å². The zero-order chi connectivity index (χ0) is 16.2. The molecule has 23 heavy (non-hydrogen) atoms. The molecule has 1 aliphatic rings. The van der Waals surface area contributed by atoms with Crippen LogP contribution in [0.15, 0.2) is 18.2 Å². The van der Waals surface area contributed by atoms with E-state index in [0.29, 0.717) is 30.7 Å². The van der Waals surface area contributed by atoms with Crippen LogP contribution in [0.2, 0.25) is 0 Å². The monoisotopic (exact) mass is 354 g/mol. The topological polar surface area (TPSA) is 41.1 Å². The summed E-state index contributed by atoms with van der Waals surface area (Å²) in [5.41, 5.74) is -1.60. The lowest BCUT2D eigenvalue weighted by atomic mass is 9.96. The standard InChI is InChI=1S/C15H18F4N2O.ClH/c16-13-4-3-11(15(17,18)19)8-12(13)14(22)21-7-5-10-2-1-6-20-9-10;/h3-4,8,10,20H,1-2,5-7,9H2,(H,21,22);1H. The molecule has 1 aromatic rings. The summed E-state index contributed by atoms with van der Waals surface area (Å²) in [6.07, 6.45) is -1.75. The Morgan fingerprint density at radius 1 is 1.35 bits per heavy atom. The Balaban J connectivity index is 0.00000264. The molecule has 3 nitrogen and oxygen atoms in total. The van der Waals surface area contributed by atoms with E-state index >= 15 is 0 Å². The minimum atomic E-state index is -4.60. The molecule has 1 heterocycles. The fourth-order valence-corrected chi connectivity index (χ4v) is 2.53. The van der Waals surface area contributed by atoms with Gasteiger partial charge in [-0.25, -0.2) is 4.39 Å². The Kier molecular flexibility index (Phi) is 7.28. The summed E-state index contributed by atoms with van der Waals surface area (Å²) < 4.78 is 51.3. The lowest BCUT2D eigenvalue weighted by molar-refractivity contribution is -0.137. The van der Waals surface area contributed by atoms with Crippen molar-refractivity contribution >= 4 is 18.3 Å². The summed E-state index contributed by atoms with van der Waals surface area (Å²) in [5, 5.41) is 5.73. The Morgan fingerprint density at radius 2 is 2.09 bits per heavy atom. The number of alkyl halides is 3. The molecule has 0 bridgehead atoms. The van der Waals surface area contributed by atoms with Crippen molar-refractivity contribution in [3.8, 4) is 0 Å². The van der Waals surface area contributed by atoms with Crippen LogP contribution < -0.4 is 10.6 Å². The summed E-state index contributed by atoms with van der Waals surface area (Å²) in [4.78, 5) is 11.9. The highest BCUT2D eigenvalue weighted by Crippen LogP contribution is 2.30. The van der Waals surface area contributed by atoms with E-state index in [0.717, 1.165) is 32.4 Å². The van der Waals surface area contributed by atoms with Crippen molar-refractivity contribution in [2.45, 2.75) is 25.4 Å². The average molecular weight is 355 g/mol. The molecule has 1 saturated heterocycles. The van der Waals surface area contributed by atoms with E-state index < -0.39 is 29.0 Å². The minimum Gasteiger partial charge on any atom is -0.352 e. The second-order valence-electron chi connectivity index (χ2n) is 5.45. The first-order valence-corrected chi connectivity index (χ1v) is 7.23. The van der Waals surface area contributed by atoms with Crippen LogP contribution in [-0.2, 0) is 6.18 Å². The smallest absolute Gasteiger partial charge is 0.352 e. The molecule has 1 aliphatic heterocycles. The highest BCUT2D eigenvalue weighted by atomic mass is 35.5. The average Bonchev–Trinajstić information content (AvgIpc) is 2.47. The van der Waals surface area contributed by atoms with Crippen LogP contribution >= 0.6 is 12.4 Å². The molecule has 0 radical (unpaired) electrons. The SMILES string of the molecule is Cl.O=C(NCCC1CCCNC1)c1cc(C(F)(F)F)ccc1F. The summed E-state index contributed by atoms with van der Waals surface area (Å²) in [7, 11) is 0. The highest BCUT2D eigenvalue weighted by molar-refractivity contribution is 5.94. The number of amides is 1. The number of rotatable bonds is 4. The van der Waals surface area contributed by atoms with Crippen molar-refractivity contribution in [3.05, 3.63) is 35.1 Å². The van der Waals surface area contributed by atoms with Crippen LogP contribution in [0.5, 0.6) is 0 Å².